The van der Waals surface area contributed by atoms with Crippen LogP contribution in [0.25, 0.3) is 11.0 Å². The summed E-state index contributed by atoms with van der Waals surface area (Å²) in [5.41, 5.74) is 4.95. The van der Waals surface area contributed by atoms with Crippen LogP contribution in [0.4, 0.5) is 0 Å². The second kappa shape index (κ2) is 6.69. The van der Waals surface area contributed by atoms with E-state index in [1.54, 1.807) is 28.9 Å². The molecule has 3 rings (SSSR count). The number of aryl methyl sites for hydroxylation is 1. The van der Waals surface area contributed by atoms with Gasteiger partial charge in [0, 0.05) is 6.42 Å². The number of fused-ring (bicyclic) bond motifs is 1. The highest BCUT2D eigenvalue weighted by molar-refractivity contribution is 5.82. The fourth-order valence-electron chi connectivity index (χ4n) is 2.09. The lowest BCUT2D eigenvalue weighted by molar-refractivity contribution is -0.121. The molecular weight excluding hydrogens is 294 g/mol. The molecule has 0 saturated heterocycles. The second-order valence-corrected chi connectivity index (χ2v) is 4.94. The van der Waals surface area contributed by atoms with Crippen molar-refractivity contribution in [2.45, 2.75) is 13.0 Å². The molecule has 3 aromatic rings. The standard InChI is InChI=1S/C16H15N5O2/c22-13-7-5-12(6-8-13)11-17-19-16(23)9-10-21-15-4-2-1-3-14(15)18-20-21/h1-8,11,22H,9-10H2,(H,19,23)/b17-11-. The number of benzene rings is 2. The van der Waals surface area contributed by atoms with Crippen molar-refractivity contribution in [2.75, 3.05) is 0 Å². The van der Waals surface area contributed by atoms with Gasteiger partial charge in [0.2, 0.25) is 5.91 Å². The summed E-state index contributed by atoms with van der Waals surface area (Å²) < 4.78 is 1.69. The minimum absolute atomic E-state index is 0.186. The largest absolute Gasteiger partial charge is 0.508 e. The van der Waals surface area contributed by atoms with Gasteiger partial charge in [-0.1, -0.05) is 17.3 Å². The topological polar surface area (TPSA) is 92.4 Å². The van der Waals surface area contributed by atoms with Crippen LogP contribution in [-0.2, 0) is 11.3 Å². The highest BCUT2D eigenvalue weighted by Crippen LogP contribution is 2.10. The maximum absolute atomic E-state index is 11.8. The van der Waals surface area contributed by atoms with Crippen LogP contribution in [-0.4, -0.2) is 32.2 Å². The Bertz CT molecular complexity index is 839. The van der Waals surface area contributed by atoms with Gasteiger partial charge in [-0.15, -0.1) is 5.10 Å². The first-order chi connectivity index (χ1) is 11.2. The normalized spacial score (nSPS) is 11.1. The maximum Gasteiger partial charge on any atom is 0.241 e. The third kappa shape index (κ3) is 3.70. The number of phenols is 1. The Morgan fingerprint density at radius 3 is 2.83 bits per heavy atom. The Kier molecular flexibility index (Phi) is 4.28. The number of carbonyl (C=O) groups is 1. The van der Waals surface area contributed by atoms with Crippen molar-refractivity contribution < 1.29 is 9.90 Å². The van der Waals surface area contributed by atoms with Crippen molar-refractivity contribution in [3.8, 4) is 5.75 Å². The summed E-state index contributed by atoms with van der Waals surface area (Å²) >= 11 is 0. The number of para-hydroxylation sites is 1. The maximum atomic E-state index is 11.8. The highest BCUT2D eigenvalue weighted by atomic mass is 16.3. The van der Waals surface area contributed by atoms with Crippen LogP contribution < -0.4 is 5.43 Å². The zero-order chi connectivity index (χ0) is 16.1. The van der Waals surface area contributed by atoms with E-state index in [9.17, 15) is 9.90 Å². The molecular formula is C16H15N5O2. The summed E-state index contributed by atoms with van der Waals surface area (Å²) in [5, 5.41) is 21.1. The van der Waals surface area contributed by atoms with E-state index < -0.39 is 0 Å². The molecule has 0 bridgehead atoms. The lowest BCUT2D eigenvalue weighted by atomic mass is 10.2. The SMILES string of the molecule is O=C(CCn1nnc2ccccc21)N/N=C\c1ccc(O)cc1. The first kappa shape index (κ1) is 14.7. The lowest BCUT2D eigenvalue weighted by Crippen LogP contribution is -2.19. The molecule has 116 valence electrons. The fraction of sp³-hybridized carbons (Fsp3) is 0.125. The molecule has 1 aromatic heterocycles. The molecule has 2 N–H and O–H groups in total. The Hall–Kier alpha value is -3.22. The van der Waals surface area contributed by atoms with Gasteiger partial charge in [-0.2, -0.15) is 5.10 Å². The summed E-state index contributed by atoms with van der Waals surface area (Å²) in [4.78, 5) is 11.8. The van der Waals surface area contributed by atoms with Crippen molar-refractivity contribution in [3.05, 3.63) is 54.1 Å². The molecule has 2 aromatic carbocycles. The van der Waals surface area contributed by atoms with Crippen molar-refractivity contribution in [1.29, 1.82) is 0 Å². The van der Waals surface area contributed by atoms with Gasteiger partial charge < -0.3 is 5.11 Å². The van der Waals surface area contributed by atoms with E-state index in [4.69, 9.17) is 0 Å². The number of aromatic nitrogens is 3. The Morgan fingerprint density at radius 1 is 1.22 bits per heavy atom. The van der Waals surface area contributed by atoms with Gasteiger partial charge in [-0.25, -0.2) is 10.1 Å². The Balaban J connectivity index is 1.52. The molecule has 0 unspecified atom stereocenters. The predicted octanol–water partition coefficient (Wildman–Crippen LogP) is 1.68. The smallest absolute Gasteiger partial charge is 0.241 e. The van der Waals surface area contributed by atoms with Crippen molar-refractivity contribution in [2.24, 2.45) is 5.10 Å². The molecule has 0 aliphatic heterocycles. The van der Waals surface area contributed by atoms with Gasteiger partial charge >= 0.3 is 0 Å². The van der Waals surface area contributed by atoms with Crippen LogP contribution in [0, 0.1) is 0 Å². The molecule has 0 saturated carbocycles. The molecule has 0 spiro atoms. The van der Waals surface area contributed by atoms with Crippen LogP contribution in [0.3, 0.4) is 0 Å². The van der Waals surface area contributed by atoms with Crippen LogP contribution in [0.2, 0.25) is 0 Å². The number of hydrazone groups is 1. The monoisotopic (exact) mass is 309 g/mol. The van der Waals surface area contributed by atoms with Gasteiger partial charge in [0.15, 0.2) is 0 Å². The van der Waals surface area contributed by atoms with Crippen molar-refractivity contribution in [1.82, 2.24) is 20.4 Å². The van der Waals surface area contributed by atoms with Gasteiger partial charge in [0.05, 0.1) is 18.3 Å². The molecule has 7 nitrogen and oxygen atoms in total. The van der Waals surface area contributed by atoms with Gasteiger partial charge in [-0.05, 0) is 42.0 Å². The quantitative estimate of drug-likeness (QED) is 0.554. The fourth-order valence-corrected chi connectivity index (χ4v) is 2.09. The van der Waals surface area contributed by atoms with E-state index in [1.165, 1.54) is 6.21 Å². The number of nitrogens with one attached hydrogen (secondary N) is 1. The van der Waals surface area contributed by atoms with E-state index in [-0.39, 0.29) is 18.1 Å². The first-order valence-corrected chi connectivity index (χ1v) is 7.11. The zero-order valence-electron chi connectivity index (χ0n) is 12.3. The van der Waals surface area contributed by atoms with Crippen LogP contribution in [0.1, 0.15) is 12.0 Å². The van der Waals surface area contributed by atoms with Crippen LogP contribution in [0.5, 0.6) is 5.75 Å². The second-order valence-electron chi connectivity index (χ2n) is 4.94. The van der Waals surface area contributed by atoms with E-state index in [0.29, 0.717) is 6.54 Å². The average Bonchev–Trinajstić information content (AvgIpc) is 2.98. The van der Waals surface area contributed by atoms with Gasteiger partial charge in [-0.3, -0.25) is 4.79 Å². The molecule has 0 radical (unpaired) electrons. The number of aromatic hydroxyl groups is 1. The molecule has 0 fully saturated rings. The third-order valence-electron chi connectivity index (χ3n) is 3.27. The van der Waals surface area contributed by atoms with Crippen LogP contribution >= 0.6 is 0 Å². The minimum Gasteiger partial charge on any atom is -0.508 e. The number of carbonyl (C=O) groups excluding carboxylic acids is 1. The molecule has 0 atom stereocenters. The summed E-state index contributed by atoms with van der Waals surface area (Å²) in [6, 6.07) is 14.1. The summed E-state index contributed by atoms with van der Waals surface area (Å²) in [6.45, 7) is 0.432. The predicted molar refractivity (Wildman–Crippen MR) is 86.0 cm³/mol. The molecule has 0 aliphatic carbocycles. The number of hydrogen-bond donors (Lipinski definition) is 2. The number of rotatable bonds is 5. The van der Waals surface area contributed by atoms with E-state index in [2.05, 4.69) is 20.8 Å². The van der Waals surface area contributed by atoms with Crippen molar-refractivity contribution >= 4 is 23.2 Å². The number of nitrogens with zero attached hydrogens (tertiary/aromatic N) is 4. The number of amides is 1. The molecule has 1 amide bonds. The summed E-state index contributed by atoms with van der Waals surface area (Å²) in [6.07, 6.45) is 1.77. The number of phenolic OH excluding ortho intramolecular Hbond substituents is 1. The van der Waals surface area contributed by atoms with Crippen molar-refractivity contribution in [3.63, 3.8) is 0 Å². The summed E-state index contributed by atoms with van der Waals surface area (Å²) in [5.74, 6) is -0.0224. The van der Waals surface area contributed by atoms with E-state index in [1.807, 2.05) is 24.3 Å². The lowest BCUT2D eigenvalue weighted by Gasteiger charge is -2.01. The third-order valence-corrected chi connectivity index (χ3v) is 3.27. The van der Waals surface area contributed by atoms with Gasteiger partial charge in [0.25, 0.3) is 0 Å². The van der Waals surface area contributed by atoms with Crippen LogP contribution in [0.15, 0.2) is 53.6 Å². The molecule has 7 heteroatoms. The molecule has 23 heavy (non-hydrogen) atoms. The Labute approximate surface area is 132 Å². The zero-order valence-corrected chi connectivity index (χ0v) is 12.3. The minimum atomic E-state index is -0.209. The Morgan fingerprint density at radius 2 is 2.00 bits per heavy atom. The number of hydrogen-bond acceptors (Lipinski definition) is 5. The van der Waals surface area contributed by atoms with Gasteiger partial charge in [0.1, 0.15) is 11.3 Å². The van der Waals surface area contributed by atoms with E-state index >= 15 is 0 Å². The molecule has 1 heterocycles. The van der Waals surface area contributed by atoms with E-state index in [0.717, 1.165) is 16.6 Å². The average molecular weight is 309 g/mol. The summed E-state index contributed by atoms with van der Waals surface area (Å²) in [7, 11) is 0. The molecule has 0 aliphatic rings. The highest BCUT2D eigenvalue weighted by Gasteiger charge is 2.05. The first-order valence-electron chi connectivity index (χ1n) is 7.11.